The lowest BCUT2D eigenvalue weighted by Crippen LogP contribution is -2.15. The topological polar surface area (TPSA) is 38.9 Å². The molecule has 2 rings (SSSR count). The molecule has 0 bridgehead atoms. The summed E-state index contributed by atoms with van der Waals surface area (Å²) in [5.41, 5.74) is 8.54. The summed E-state index contributed by atoms with van der Waals surface area (Å²) in [5.74, 6) is 1.60. The molecule has 0 spiro atoms. The summed E-state index contributed by atoms with van der Waals surface area (Å²) in [6.45, 7) is 2.26. The molecule has 70 valence electrons. The zero-order valence-corrected chi connectivity index (χ0v) is 8.09. The highest BCUT2D eigenvalue weighted by molar-refractivity contribution is 5.45. The molecule has 0 saturated carbocycles. The molecular formula is C11H16N2. The van der Waals surface area contributed by atoms with Gasteiger partial charge in [-0.1, -0.05) is 13.3 Å². The normalized spacial score (nSPS) is 21.2. The molecule has 2 nitrogen and oxygen atoms in total. The predicted octanol–water partition coefficient (Wildman–Crippen LogP) is 2.18. The van der Waals surface area contributed by atoms with Gasteiger partial charge in [0.1, 0.15) is 5.82 Å². The van der Waals surface area contributed by atoms with Gasteiger partial charge in [0.2, 0.25) is 0 Å². The Labute approximate surface area is 79.2 Å². The lowest BCUT2D eigenvalue weighted by Gasteiger charge is -2.23. The van der Waals surface area contributed by atoms with Crippen LogP contribution >= 0.6 is 0 Å². The number of nitrogens with zero attached hydrogens (tertiary/aromatic N) is 1. The van der Waals surface area contributed by atoms with E-state index in [4.69, 9.17) is 5.73 Å². The fourth-order valence-corrected chi connectivity index (χ4v) is 2.14. The highest BCUT2D eigenvalue weighted by Gasteiger charge is 2.18. The van der Waals surface area contributed by atoms with E-state index in [2.05, 4.69) is 18.0 Å². The number of fused-ring (bicyclic) bond motifs is 1. The van der Waals surface area contributed by atoms with Crippen molar-refractivity contribution in [2.24, 2.45) is 5.92 Å². The van der Waals surface area contributed by atoms with Gasteiger partial charge in [0.05, 0.1) is 0 Å². The van der Waals surface area contributed by atoms with Crippen LogP contribution in [0.4, 0.5) is 5.82 Å². The molecule has 1 aliphatic rings. The van der Waals surface area contributed by atoms with Crippen LogP contribution in [0.5, 0.6) is 0 Å². The quantitative estimate of drug-likeness (QED) is 0.712. The average Bonchev–Trinajstić information content (AvgIpc) is 2.18. The third-order valence-electron chi connectivity index (χ3n) is 3.07. The van der Waals surface area contributed by atoms with Crippen LogP contribution in [-0.2, 0) is 12.8 Å². The van der Waals surface area contributed by atoms with Crippen molar-refractivity contribution in [2.75, 3.05) is 5.73 Å². The fraction of sp³-hybridized carbons (Fsp3) is 0.545. The van der Waals surface area contributed by atoms with E-state index in [0.717, 1.165) is 18.2 Å². The van der Waals surface area contributed by atoms with E-state index in [9.17, 15) is 0 Å². The van der Waals surface area contributed by atoms with E-state index in [1.807, 2.05) is 6.20 Å². The van der Waals surface area contributed by atoms with Crippen LogP contribution in [0.1, 0.15) is 30.9 Å². The van der Waals surface area contributed by atoms with E-state index >= 15 is 0 Å². The van der Waals surface area contributed by atoms with Crippen molar-refractivity contribution in [1.29, 1.82) is 0 Å². The van der Waals surface area contributed by atoms with Gasteiger partial charge in [-0.05, 0) is 42.4 Å². The van der Waals surface area contributed by atoms with E-state index in [-0.39, 0.29) is 0 Å². The van der Waals surface area contributed by atoms with Crippen molar-refractivity contribution in [2.45, 2.75) is 32.6 Å². The molecule has 0 fully saturated rings. The Hall–Kier alpha value is -1.05. The maximum absolute atomic E-state index is 5.82. The Morgan fingerprint density at radius 3 is 3.23 bits per heavy atom. The van der Waals surface area contributed by atoms with E-state index in [1.165, 1.54) is 30.4 Å². The predicted molar refractivity (Wildman–Crippen MR) is 54.5 cm³/mol. The molecule has 0 saturated heterocycles. The SMILES string of the molecule is CC[C@H]1CCc2c(ccnc2N)C1. The Morgan fingerprint density at radius 2 is 2.46 bits per heavy atom. The number of pyridine rings is 1. The van der Waals surface area contributed by atoms with Gasteiger partial charge in [0, 0.05) is 6.20 Å². The Balaban J connectivity index is 2.31. The van der Waals surface area contributed by atoms with Gasteiger partial charge < -0.3 is 5.73 Å². The molecule has 0 radical (unpaired) electrons. The molecule has 0 amide bonds. The van der Waals surface area contributed by atoms with Crippen LogP contribution in [0.15, 0.2) is 12.3 Å². The van der Waals surface area contributed by atoms with Crippen LogP contribution in [-0.4, -0.2) is 4.98 Å². The van der Waals surface area contributed by atoms with Crippen LogP contribution in [0.25, 0.3) is 0 Å². The molecule has 0 aliphatic heterocycles. The summed E-state index contributed by atoms with van der Waals surface area (Å²) >= 11 is 0. The summed E-state index contributed by atoms with van der Waals surface area (Å²) < 4.78 is 0. The minimum Gasteiger partial charge on any atom is -0.383 e. The maximum atomic E-state index is 5.82. The first-order valence-corrected chi connectivity index (χ1v) is 5.03. The summed E-state index contributed by atoms with van der Waals surface area (Å²) in [6.07, 6.45) is 6.69. The molecule has 13 heavy (non-hydrogen) atoms. The summed E-state index contributed by atoms with van der Waals surface area (Å²) in [4.78, 5) is 4.12. The first kappa shape index (κ1) is 8.54. The molecule has 0 unspecified atom stereocenters. The van der Waals surface area contributed by atoms with E-state index in [1.54, 1.807) is 0 Å². The smallest absolute Gasteiger partial charge is 0.126 e. The van der Waals surface area contributed by atoms with Crippen LogP contribution in [0.2, 0.25) is 0 Å². The standard InChI is InChI=1S/C11H16N2/c1-2-8-3-4-10-9(7-8)5-6-13-11(10)12/h5-6,8H,2-4,7H2,1H3,(H2,12,13)/t8-/m0/s1. The molecule has 1 aromatic heterocycles. The Kier molecular flexibility index (Phi) is 2.21. The number of nitrogen functional groups attached to an aromatic ring is 1. The van der Waals surface area contributed by atoms with Crippen molar-refractivity contribution in [3.05, 3.63) is 23.4 Å². The molecule has 1 aromatic rings. The number of nitrogens with two attached hydrogens (primary N) is 1. The van der Waals surface area contributed by atoms with Crippen molar-refractivity contribution in [3.8, 4) is 0 Å². The second kappa shape index (κ2) is 3.36. The molecule has 1 heterocycles. The Bertz CT molecular complexity index is 307. The first-order valence-electron chi connectivity index (χ1n) is 5.03. The van der Waals surface area contributed by atoms with Crippen molar-refractivity contribution in [1.82, 2.24) is 4.98 Å². The number of anilines is 1. The van der Waals surface area contributed by atoms with Crippen molar-refractivity contribution in [3.63, 3.8) is 0 Å². The molecule has 1 aliphatic carbocycles. The van der Waals surface area contributed by atoms with Crippen molar-refractivity contribution >= 4 is 5.82 Å². The molecule has 0 aromatic carbocycles. The monoisotopic (exact) mass is 176 g/mol. The maximum Gasteiger partial charge on any atom is 0.126 e. The average molecular weight is 176 g/mol. The van der Waals surface area contributed by atoms with Crippen LogP contribution in [0.3, 0.4) is 0 Å². The molecular weight excluding hydrogens is 160 g/mol. The Morgan fingerprint density at radius 1 is 1.62 bits per heavy atom. The van der Waals surface area contributed by atoms with E-state index < -0.39 is 0 Å². The second-order valence-corrected chi connectivity index (χ2v) is 3.85. The second-order valence-electron chi connectivity index (χ2n) is 3.85. The molecule has 2 heteroatoms. The van der Waals surface area contributed by atoms with E-state index in [0.29, 0.717) is 0 Å². The third-order valence-corrected chi connectivity index (χ3v) is 3.07. The van der Waals surface area contributed by atoms with Gasteiger partial charge in [-0.15, -0.1) is 0 Å². The highest BCUT2D eigenvalue weighted by atomic mass is 14.8. The van der Waals surface area contributed by atoms with Gasteiger partial charge in [-0.2, -0.15) is 0 Å². The van der Waals surface area contributed by atoms with Gasteiger partial charge in [0.25, 0.3) is 0 Å². The number of aromatic nitrogens is 1. The first-order chi connectivity index (χ1) is 6.31. The highest BCUT2D eigenvalue weighted by Crippen LogP contribution is 2.29. The van der Waals surface area contributed by atoms with Gasteiger partial charge in [-0.25, -0.2) is 4.98 Å². The summed E-state index contributed by atoms with van der Waals surface area (Å²) in [7, 11) is 0. The summed E-state index contributed by atoms with van der Waals surface area (Å²) in [5, 5.41) is 0. The molecule has 1 atom stereocenters. The van der Waals surface area contributed by atoms with Gasteiger partial charge >= 0.3 is 0 Å². The van der Waals surface area contributed by atoms with Gasteiger partial charge in [0.15, 0.2) is 0 Å². The minimum atomic E-state index is 0.743. The largest absolute Gasteiger partial charge is 0.383 e. The van der Waals surface area contributed by atoms with Crippen molar-refractivity contribution < 1.29 is 0 Å². The van der Waals surface area contributed by atoms with Crippen LogP contribution in [0, 0.1) is 5.92 Å². The fourth-order valence-electron chi connectivity index (χ4n) is 2.14. The zero-order valence-electron chi connectivity index (χ0n) is 8.09. The lowest BCUT2D eigenvalue weighted by atomic mass is 9.83. The summed E-state index contributed by atoms with van der Waals surface area (Å²) in [6, 6.07) is 2.12. The number of hydrogen-bond donors (Lipinski definition) is 1. The van der Waals surface area contributed by atoms with Gasteiger partial charge in [-0.3, -0.25) is 0 Å². The third kappa shape index (κ3) is 1.53. The van der Waals surface area contributed by atoms with Crippen LogP contribution < -0.4 is 5.73 Å². The lowest BCUT2D eigenvalue weighted by molar-refractivity contribution is 0.445. The number of hydrogen-bond acceptors (Lipinski definition) is 2. The zero-order chi connectivity index (χ0) is 9.26. The number of rotatable bonds is 1. The minimum absolute atomic E-state index is 0.743. The molecule has 2 N–H and O–H groups in total.